The lowest BCUT2D eigenvalue weighted by Gasteiger charge is -2.26. The van der Waals surface area contributed by atoms with Gasteiger partial charge in [0.25, 0.3) is 0 Å². The monoisotopic (exact) mass is 285 g/mol. The Kier molecular flexibility index (Phi) is 6.37. The van der Waals surface area contributed by atoms with Crippen LogP contribution in [0.4, 0.5) is 15.8 Å². The van der Waals surface area contributed by atoms with Gasteiger partial charge in [0.15, 0.2) is 0 Å². The number of nitrogens with one attached hydrogen (secondary N) is 1. The van der Waals surface area contributed by atoms with Crippen molar-refractivity contribution in [1.82, 2.24) is 4.90 Å². The average Bonchev–Trinajstić information content (AvgIpc) is 2.40. The van der Waals surface area contributed by atoms with Gasteiger partial charge in [-0.2, -0.15) is 0 Å². The number of nitrogen functional groups attached to an aromatic ring is 1. The molecule has 20 heavy (non-hydrogen) atoms. The zero-order chi connectivity index (χ0) is 15.1. The number of anilines is 2. The van der Waals surface area contributed by atoms with Crippen molar-refractivity contribution in [2.75, 3.05) is 37.4 Å². The third-order valence-corrected chi connectivity index (χ3v) is 2.97. The Hall–Kier alpha value is -1.70. The van der Waals surface area contributed by atoms with Crippen LogP contribution in [0.25, 0.3) is 0 Å². The van der Waals surface area contributed by atoms with Gasteiger partial charge in [0.05, 0.1) is 30.6 Å². The minimum atomic E-state index is -0.557. The van der Waals surface area contributed by atoms with Crippen molar-refractivity contribution >= 4 is 17.3 Å². The summed E-state index contributed by atoms with van der Waals surface area (Å²) in [5.41, 5.74) is 6.08. The van der Waals surface area contributed by atoms with Crippen LogP contribution in [0.15, 0.2) is 18.2 Å². The molecule has 0 aliphatic rings. The fraction of sp³-hybridized carbons (Fsp3) is 0.462. The number of aliphatic hydroxyl groups excluding tert-OH is 2. The molecule has 1 aromatic carbocycles. The van der Waals surface area contributed by atoms with Crippen molar-refractivity contribution in [3.8, 4) is 0 Å². The summed E-state index contributed by atoms with van der Waals surface area (Å²) in [6.07, 6.45) is 0. The molecule has 0 aliphatic carbocycles. The summed E-state index contributed by atoms with van der Waals surface area (Å²) < 4.78 is 12.9. The second-order valence-electron chi connectivity index (χ2n) is 4.38. The van der Waals surface area contributed by atoms with Gasteiger partial charge in [-0.05, 0) is 25.1 Å². The lowest BCUT2D eigenvalue weighted by molar-refractivity contribution is -0.121. The largest absolute Gasteiger partial charge is 0.397 e. The maximum atomic E-state index is 12.9. The summed E-state index contributed by atoms with van der Waals surface area (Å²) in [4.78, 5) is 13.7. The van der Waals surface area contributed by atoms with Gasteiger partial charge in [-0.3, -0.25) is 9.69 Å². The number of benzene rings is 1. The van der Waals surface area contributed by atoms with Crippen molar-refractivity contribution in [3.63, 3.8) is 0 Å². The third kappa shape index (κ3) is 4.44. The van der Waals surface area contributed by atoms with Gasteiger partial charge in [0.1, 0.15) is 5.82 Å². The van der Waals surface area contributed by atoms with E-state index in [9.17, 15) is 9.18 Å². The number of nitrogens with two attached hydrogens (primary N) is 1. The van der Waals surface area contributed by atoms with E-state index in [2.05, 4.69) is 5.32 Å². The summed E-state index contributed by atoms with van der Waals surface area (Å²) in [5, 5.41) is 20.5. The Morgan fingerprint density at radius 3 is 2.50 bits per heavy atom. The molecule has 0 heterocycles. The minimum Gasteiger partial charge on any atom is -0.397 e. The molecular weight excluding hydrogens is 265 g/mol. The fourth-order valence-electron chi connectivity index (χ4n) is 1.81. The number of rotatable bonds is 7. The van der Waals surface area contributed by atoms with Crippen LogP contribution in [0, 0.1) is 5.82 Å². The maximum absolute atomic E-state index is 12.9. The lowest BCUT2D eigenvalue weighted by atomic mass is 10.2. The highest BCUT2D eigenvalue weighted by Crippen LogP contribution is 2.19. The first-order valence-corrected chi connectivity index (χ1v) is 6.31. The zero-order valence-electron chi connectivity index (χ0n) is 11.3. The van der Waals surface area contributed by atoms with Crippen molar-refractivity contribution in [1.29, 1.82) is 0 Å². The fourth-order valence-corrected chi connectivity index (χ4v) is 1.81. The first-order chi connectivity index (χ1) is 9.49. The second-order valence-corrected chi connectivity index (χ2v) is 4.38. The molecule has 1 aromatic rings. The van der Waals surface area contributed by atoms with Gasteiger partial charge in [0.2, 0.25) is 5.91 Å². The van der Waals surface area contributed by atoms with Crippen molar-refractivity contribution in [3.05, 3.63) is 24.0 Å². The molecule has 0 aromatic heterocycles. The van der Waals surface area contributed by atoms with E-state index in [1.165, 1.54) is 12.1 Å². The van der Waals surface area contributed by atoms with Crippen molar-refractivity contribution in [2.24, 2.45) is 0 Å². The minimum absolute atomic E-state index is 0.115. The molecule has 1 unspecified atom stereocenters. The smallest absolute Gasteiger partial charge is 0.241 e. The topological polar surface area (TPSA) is 98.8 Å². The number of carbonyl (C=O) groups excluding carboxylic acids is 1. The molecule has 6 nitrogen and oxygen atoms in total. The molecule has 0 saturated carbocycles. The predicted octanol–water partition coefficient (Wildman–Crippen LogP) is 0.0215. The molecule has 0 aliphatic heterocycles. The summed E-state index contributed by atoms with van der Waals surface area (Å²) in [7, 11) is 0. The van der Waals surface area contributed by atoms with Crippen LogP contribution in [-0.4, -0.2) is 53.4 Å². The molecule has 1 atom stereocenters. The van der Waals surface area contributed by atoms with Crippen LogP contribution in [0.5, 0.6) is 0 Å². The van der Waals surface area contributed by atoms with Gasteiger partial charge < -0.3 is 21.3 Å². The molecule has 0 fully saturated rings. The summed E-state index contributed by atoms with van der Waals surface area (Å²) in [6, 6.07) is 3.16. The van der Waals surface area contributed by atoms with E-state index in [0.29, 0.717) is 5.69 Å². The highest BCUT2D eigenvalue weighted by Gasteiger charge is 2.21. The Morgan fingerprint density at radius 1 is 1.40 bits per heavy atom. The number of halogens is 1. The van der Waals surface area contributed by atoms with E-state index < -0.39 is 11.9 Å². The van der Waals surface area contributed by atoms with Crippen LogP contribution < -0.4 is 11.1 Å². The molecule has 5 N–H and O–H groups in total. The lowest BCUT2D eigenvalue weighted by Crippen LogP contribution is -2.44. The molecule has 0 saturated heterocycles. The van der Waals surface area contributed by atoms with Gasteiger partial charge in [-0.15, -0.1) is 0 Å². The van der Waals surface area contributed by atoms with Crippen LogP contribution in [-0.2, 0) is 4.79 Å². The van der Waals surface area contributed by atoms with E-state index >= 15 is 0 Å². The Bertz CT molecular complexity index is 450. The first-order valence-electron chi connectivity index (χ1n) is 6.31. The Balaban J connectivity index is 2.73. The van der Waals surface area contributed by atoms with Crippen LogP contribution in [0.2, 0.25) is 0 Å². The van der Waals surface area contributed by atoms with Crippen LogP contribution in [0.3, 0.4) is 0 Å². The van der Waals surface area contributed by atoms with Gasteiger partial charge in [-0.1, -0.05) is 0 Å². The number of aliphatic hydroxyl groups is 2. The van der Waals surface area contributed by atoms with Crippen LogP contribution in [0.1, 0.15) is 6.92 Å². The van der Waals surface area contributed by atoms with E-state index in [4.69, 9.17) is 15.9 Å². The van der Waals surface area contributed by atoms with Crippen molar-refractivity contribution in [2.45, 2.75) is 13.0 Å². The predicted molar refractivity (Wildman–Crippen MR) is 74.6 cm³/mol. The molecule has 0 radical (unpaired) electrons. The normalized spacial score (nSPS) is 12.4. The highest BCUT2D eigenvalue weighted by molar-refractivity contribution is 5.97. The highest BCUT2D eigenvalue weighted by atomic mass is 19.1. The number of carbonyl (C=O) groups is 1. The van der Waals surface area contributed by atoms with E-state index in [1.807, 2.05) is 0 Å². The molecule has 112 valence electrons. The molecule has 0 bridgehead atoms. The standard InChI is InChI=1S/C13H20FN3O3/c1-9(17(4-6-18)5-7-19)13(20)16-12-3-2-10(14)8-11(12)15/h2-3,8-9,18-19H,4-7,15H2,1H3,(H,16,20). The van der Waals surface area contributed by atoms with E-state index in [-0.39, 0.29) is 37.9 Å². The SMILES string of the molecule is CC(C(=O)Nc1ccc(F)cc1N)N(CCO)CCO. The number of amides is 1. The zero-order valence-corrected chi connectivity index (χ0v) is 11.3. The molecule has 1 amide bonds. The third-order valence-electron chi connectivity index (χ3n) is 2.97. The number of hydrogen-bond acceptors (Lipinski definition) is 5. The molecular formula is C13H20FN3O3. The Labute approximate surface area is 117 Å². The molecule has 0 spiro atoms. The van der Waals surface area contributed by atoms with Gasteiger partial charge in [0, 0.05) is 13.1 Å². The summed E-state index contributed by atoms with van der Waals surface area (Å²) in [6.45, 7) is 1.97. The summed E-state index contributed by atoms with van der Waals surface area (Å²) >= 11 is 0. The molecule has 7 heteroatoms. The number of nitrogens with zero attached hydrogens (tertiary/aromatic N) is 1. The first kappa shape index (κ1) is 16.4. The van der Waals surface area contributed by atoms with E-state index in [0.717, 1.165) is 6.07 Å². The Morgan fingerprint density at radius 2 is 2.00 bits per heavy atom. The second kappa shape index (κ2) is 7.78. The molecule has 1 rings (SSSR count). The average molecular weight is 285 g/mol. The van der Waals surface area contributed by atoms with Gasteiger partial charge in [-0.25, -0.2) is 4.39 Å². The number of hydrogen-bond donors (Lipinski definition) is 4. The van der Waals surface area contributed by atoms with Gasteiger partial charge >= 0.3 is 0 Å². The van der Waals surface area contributed by atoms with E-state index in [1.54, 1.807) is 11.8 Å². The van der Waals surface area contributed by atoms with Crippen LogP contribution >= 0.6 is 0 Å². The summed E-state index contributed by atoms with van der Waals surface area (Å²) in [5.74, 6) is -0.819. The maximum Gasteiger partial charge on any atom is 0.241 e. The van der Waals surface area contributed by atoms with Crippen molar-refractivity contribution < 1.29 is 19.4 Å². The quantitative estimate of drug-likeness (QED) is 0.529.